The molecule has 0 unspecified atom stereocenters. The van der Waals surface area contributed by atoms with E-state index >= 15 is 0 Å². The summed E-state index contributed by atoms with van der Waals surface area (Å²) in [7, 11) is -3.44. The summed E-state index contributed by atoms with van der Waals surface area (Å²) in [5.74, 6) is 0.507. The van der Waals surface area contributed by atoms with Gasteiger partial charge in [0.1, 0.15) is 5.75 Å². The van der Waals surface area contributed by atoms with Crippen LogP contribution in [0.4, 0.5) is 0 Å². The van der Waals surface area contributed by atoms with Crippen LogP contribution >= 0.6 is 0 Å². The van der Waals surface area contributed by atoms with Gasteiger partial charge in [0, 0.05) is 0 Å². The first kappa shape index (κ1) is 23.6. The number of unbranched alkanes of at least 4 members (excludes halogenated alkanes) is 9. The molecule has 0 aromatic heterocycles. The Balaban J connectivity index is 0.00000484. The van der Waals surface area contributed by atoms with Crippen molar-refractivity contribution in [3.8, 4) is 5.75 Å². The Morgan fingerprint density at radius 1 is 0.783 bits per heavy atom. The van der Waals surface area contributed by atoms with Crippen LogP contribution in [0, 0.1) is 0 Å². The second-order valence-corrected chi connectivity index (χ2v) is 7.53. The normalized spacial score (nSPS) is 11.0. The first-order valence-electron chi connectivity index (χ1n) is 8.61. The molecule has 0 atom stereocenters. The Morgan fingerprint density at radius 3 is 1.78 bits per heavy atom. The number of hydrogen-bond donors (Lipinski definition) is 0. The van der Waals surface area contributed by atoms with Gasteiger partial charge in [0.2, 0.25) is 0 Å². The topological polar surface area (TPSA) is 43.4 Å². The average Bonchev–Trinajstić information content (AvgIpc) is 2.49. The van der Waals surface area contributed by atoms with E-state index in [2.05, 4.69) is 6.92 Å². The molecular weight excluding hydrogens is 335 g/mol. The van der Waals surface area contributed by atoms with Gasteiger partial charge < -0.3 is 4.18 Å². The van der Waals surface area contributed by atoms with E-state index in [1.54, 1.807) is 24.3 Å². The summed E-state index contributed by atoms with van der Waals surface area (Å²) in [6.07, 6.45) is 11.9. The molecule has 5 heteroatoms. The Labute approximate surface area is 185 Å². The second kappa shape index (κ2) is 14.9. The summed E-state index contributed by atoms with van der Waals surface area (Å²) in [6, 6.07) is 8.70. The van der Waals surface area contributed by atoms with Gasteiger partial charge in [0.05, 0.1) is 5.75 Å². The molecule has 0 heterocycles. The molecule has 23 heavy (non-hydrogen) atoms. The minimum atomic E-state index is -3.44. The molecule has 1 aromatic carbocycles. The fourth-order valence-electron chi connectivity index (χ4n) is 2.43. The van der Waals surface area contributed by atoms with E-state index in [9.17, 15) is 8.42 Å². The maximum atomic E-state index is 11.8. The first-order chi connectivity index (χ1) is 10.6. The van der Waals surface area contributed by atoms with E-state index < -0.39 is 10.1 Å². The van der Waals surface area contributed by atoms with E-state index in [1.165, 1.54) is 44.9 Å². The molecule has 128 valence electrons. The van der Waals surface area contributed by atoms with Gasteiger partial charge in [0.15, 0.2) is 0 Å². The van der Waals surface area contributed by atoms with E-state index in [-0.39, 0.29) is 57.1 Å². The van der Waals surface area contributed by atoms with Crippen LogP contribution < -0.4 is 4.18 Å². The molecule has 3 nitrogen and oxygen atoms in total. The molecule has 0 N–H and O–H groups in total. The SMILES string of the molecule is CCCCCCCCCCCCS(=O)(=O)Oc1ccccc1.[KH]. The molecule has 0 aliphatic heterocycles. The van der Waals surface area contributed by atoms with Crippen molar-refractivity contribution in [1.29, 1.82) is 0 Å². The predicted octanol–water partition coefficient (Wildman–Crippen LogP) is 4.67. The van der Waals surface area contributed by atoms with Crippen molar-refractivity contribution in [2.24, 2.45) is 0 Å². The molecule has 0 bridgehead atoms. The summed E-state index contributed by atoms with van der Waals surface area (Å²) in [5, 5.41) is 0. The molecule has 0 fully saturated rings. The van der Waals surface area contributed by atoms with Crippen molar-refractivity contribution in [2.45, 2.75) is 71.1 Å². The van der Waals surface area contributed by atoms with E-state index in [1.807, 2.05) is 6.07 Å². The number of benzene rings is 1. The molecule has 0 aliphatic rings. The molecule has 1 aromatic rings. The molecule has 0 saturated heterocycles. The van der Waals surface area contributed by atoms with Gasteiger partial charge in [-0.2, -0.15) is 8.42 Å². The fourth-order valence-corrected chi connectivity index (χ4v) is 3.48. The average molecular weight is 367 g/mol. The molecule has 0 amide bonds. The van der Waals surface area contributed by atoms with Crippen LogP contribution in [0.5, 0.6) is 5.75 Å². The third-order valence-corrected chi connectivity index (χ3v) is 4.95. The van der Waals surface area contributed by atoms with Crippen molar-refractivity contribution in [2.75, 3.05) is 5.75 Å². The Bertz CT molecular complexity index is 474. The van der Waals surface area contributed by atoms with E-state index in [4.69, 9.17) is 4.18 Å². The predicted molar refractivity (Wildman–Crippen MR) is 99.8 cm³/mol. The summed E-state index contributed by atoms with van der Waals surface area (Å²) in [5.41, 5.74) is 0. The Morgan fingerprint density at radius 2 is 1.26 bits per heavy atom. The van der Waals surface area contributed by atoms with Crippen LogP contribution in [0.2, 0.25) is 0 Å². The van der Waals surface area contributed by atoms with Gasteiger partial charge in [-0.05, 0) is 18.6 Å². The molecule has 0 spiro atoms. The maximum absolute atomic E-state index is 11.8. The van der Waals surface area contributed by atoms with Crippen LogP contribution in [0.25, 0.3) is 0 Å². The van der Waals surface area contributed by atoms with E-state index in [0.717, 1.165) is 12.8 Å². The number of rotatable bonds is 13. The first-order valence-corrected chi connectivity index (χ1v) is 10.2. The third-order valence-electron chi connectivity index (χ3n) is 3.71. The zero-order valence-electron chi connectivity index (χ0n) is 13.8. The third kappa shape index (κ3) is 13.6. The van der Waals surface area contributed by atoms with Gasteiger partial charge in [-0.1, -0.05) is 82.9 Å². The minimum absolute atomic E-state index is 0. The standard InChI is InChI=1S/C18H30O3S.K.H/c1-2-3-4-5-6-7-8-9-10-14-17-22(19,20)21-18-15-12-11-13-16-18;;/h11-13,15-16H,2-10,14,17H2,1H3;;. The summed E-state index contributed by atoms with van der Waals surface area (Å²) >= 11 is 0. The van der Waals surface area contributed by atoms with Gasteiger partial charge >= 0.3 is 61.5 Å². The Kier molecular flexibility index (Phi) is 15.3. The molecule has 0 radical (unpaired) electrons. The fraction of sp³-hybridized carbons (Fsp3) is 0.667. The van der Waals surface area contributed by atoms with Gasteiger partial charge in [-0.3, -0.25) is 0 Å². The monoisotopic (exact) mass is 366 g/mol. The van der Waals surface area contributed by atoms with Gasteiger partial charge in [-0.25, -0.2) is 0 Å². The summed E-state index contributed by atoms with van der Waals surface area (Å²) < 4.78 is 28.7. The van der Waals surface area contributed by atoms with Crippen LogP contribution in [0.3, 0.4) is 0 Å². The Hall–Kier alpha value is 0.606. The van der Waals surface area contributed by atoms with Crippen molar-refractivity contribution < 1.29 is 12.6 Å². The summed E-state index contributed by atoms with van der Waals surface area (Å²) in [6.45, 7) is 2.23. The van der Waals surface area contributed by atoms with Gasteiger partial charge in [0.25, 0.3) is 0 Å². The molecular formula is C18H31KO3S. The van der Waals surface area contributed by atoms with Crippen LogP contribution in [-0.2, 0) is 10.1 Å². The van der Waals surface area contributed by atoms with Crippen molar-refractivity contribution in [3.63, 3.8) is 0 Å². The summed E-state index contributed by atoms with van der Waals surface area (Å²) in [4.78, 5) is 0. The van der Waals surface area contributed by atoms with Gasteiger partial charge in [-0.15, -0.1) is 0 Å². The van der Waals surface area contributed by atoms with Crippen LogP contribution in [0.1, 0.15) is 71.1 Å². The van der Waals surface area contributed by atoms with Crippen molar-refractivity contribution >= 4 is 61.5 Å². The molecule has 1 rings (SSSR count). The zero-order chi connectivity index (χ0) is 16.1. The van der Waals surface area contributed by atoms with Crippen molar-refractivity contribution in [3.05, 3.63) is 30.3 Å². The van der Waals surface area contributed by atoms with Crippen molar-refractivity contribution in [1.82, 2.24) is 0 Å². The second-order valence-electron chi connectivity index (χ2n) is 5.84. The number of para-hydroxylation sites is 1. The zero-order valence-corrected chi connectivity index (χ0v) is 14.6. The quantitative estimate of drug-likeness (QED) is 0.289. The number of hydrogen-bond acceptors (Lipinski definition) is 3. The van der Waals surface area contributed by atoms with Crippen LogP contribution in [-0.4, -0.2) is 65.6 Å². The molecule has 0 saturated carbocycles. The van der Waals surface area contributed by atoms with Crippen LogP contribution in [0.15, 0.2) is 30.3 Å². The molecule has 0 aliphatic carbocycles. The van der Waals surface area contributed by atoms with E-state index in [0.29, 0.717) is 12.2 Å².